The maximum Gasteiger partial charge on any atom is 0.416 e. The van der Waals surface area contributed by atoms with E-state index in [9.17, 15) is 13.2 Å². The van der Waals surface area contributed by atoms with Crippen LogP contribution < -0.4 is 10.6 Å². The first kappa shape index (κ1) is 23.6. The Hall–Kier alpha value is -2.51. The fourth-order valence-corrected chi connectivity index (χ4v) is 5.39. The molecule has 1 aliphatic carbocycles. The van der Waals surface area contributed by atoms with E-state index in [1.807, 2.05) is 30.3 Å². The second kappa shape index (κ2) is 10.2. The molecule has 1 fully saturated rings. The molecule has 0 radical (unpaired) electrons. The molecule has 0 aromatic heterocycles. The fraction of sp³-hybridized carbons (Fsp3) is 0.269. The van der Waals surface area contributed by atoms with Crippen molar-refractivity contribution in [1.82, 2.24) is 5.32 Å². The first-order valence-electron chi connectivity index (χ1n) is 10.9. The molecule has 33 heavy (non-hydrogen) atoms. The topological polar surface area (TPSA) is 24.1 Å². The Kier molecular flexibility index (Phi) is 7.29. The third-order valence-corrected chi connectivity index (χ3v) is 7.20. The molecular weight excluding hydrogens is 461 g/mol. The molecule has 0 aliphatic heterocycles. The lowest BCUT2D eigenvalue weighted by atomic mass is 9.87. The van der Waals surface area contributed by atoms with Crippen LogP contribution in [-0.4, -0.2) is 5.11 Å². The number of halogens is 3. The summed E-state index contributed by atoms with van der Waals surface area (Å²) in [7, 11) is 0. The van der Waals surface area contributed by atoms with Crippen LogP contribution in [0.3, 0.4) is 0 Å². The van der Waals surface area contributed by atoms with Gasteiger partial charge in [-0.3, -0.25) is 0 Å². The lowest BCUT2D eigenvalue weighted by Crippen LogP contribution is -2.45. The molecule has 0 atom stereocenters. The van der Waals surface area contributed by atoms with Crippen molar-refractivity contribution in [3.05, 3.63) is 95.6 Å². The van der Waals surface area contributed by atoms with E-state index in [2.05, 4.69) is 34.9 Å². The summed E-state index contributed by atoms with van der Waals surface area (Å²) in [6.45, 7) is 0. The highest BCUT2D eigenvalue weighted by molar-refractivity contribution is 7.98. The van der Waals surface area contributed by atoms with Crippen LogP contribution in [0, 0.1) is 0 Å². The standard InChI is InChI=1S/C26H25F3N2S2/c27-26(28,29)21-8-6-7-20(17-21)25(15-4-5-16-25)31-24(32)30-22-13-11-19(12-14-22)18-33-23-9-2-1-3-10-23/h1-3,6-14,17H,4-5,15-16,18H2,(H2,30,31,32). The normalized spacial score (nSPS) is 15.2. The Morgan fingerprint density at radius 1 is 0.909 bits per heavy atom. The molecule has 2 nitrogen and oxygen atoms in total. The maximum atomic E-state index is 13.3. The molecular formula is C26H25F3N2S2. The van der Waals surface area contributed by atoms with Crippen molar-refractivity contribution < 1.29 is 13.2 Å². The molecule has 3 aromatic rings. The number of hydrogen-bond donors (Lipinski definition) is 2. The van der Waals surface area contributed by atoms with Gasteiger partial charge in [0.05, 0.1) is 11.1 Å². The molecule has 0 saturated heterocycles. The van der Waals surface area contributed by atoms with E-state index in [1.165, 1.54) is 22.6 Å². The van der Waals surface area contributed by atoms with Gasteiger partial charge in [0, 0.05) is 16.3 Å². The molecule has 1 aliphatic rings. The zero-order valence-electron chi connectivity index (χ0n) is 18.0. The molecule has 0 bridgehead atoms. The van der Waals surface area contributed by atoms with E-state index in [0.717, 1.165) is 43.2 Å². The van der Waals surface area contributed by atoms with Gasteiger partial charge in [-0.1, -0.05) is 55.3 Å². The van der Waals surface area contributed by atoms with Crippen molar-refractivity contribution in [2.45, 2.75) is 48.0 Å². The van der Waals surface area contributed by atoms with Crippen LogP contribution in [0.2, 0.25) is 0 Å². The Balaban J connectivity index is 1.40. The van der Waals surface area contributed by atoms with Gasteiger partial charge in [-0.15, -0.1) is 11.8 Å². The van der Waals surface area contributed by atoms with Gasteiger partial charge in [0.15, 0.2) is 5.11 Å². The van der Waals surface area contributed by atoms with Gasteiger partial charge in [-0.25, -0.2) is 0 Å². The Morgan fingerprint density at radius 3 is 2.27 bits per heavy atom. The van der Waals surface area contributed by atoms with Crippen LogP contribution in [0.25, 0.3) is 0 Å². The summed E-state index contributed by atoms with van der Waals surface area (Å²) in [5.74, 6) is 0.867. The predicted octanol–water partition coefficient (Wildman–Crippen LogP) is 7.75. The zero-order valence-corrected chi connectivity index (χ0v) is 19.6. The largest absolute Gasteiger partial charge is 0.416 e. The summed E-state index contributed by atoms with van der Waals surface area (Å²) in [4.78, 5) is 1.22. The summed E-state index contributed by atoms with van der Waals surface area (Å²) < 4.78 is 39.8. The van der Waals surface area contributed by atoms with Crippen molar-refractivity contribution in [2.75, 3.05) is 5.32 Å². The molecule has 2 N–H and O–H groups in total. The number of nitrogens with one attached hydrogen (secondary N) is 2. The number of alkyl halides is 3. The minimum Gasteiger partial charge on any atom is -0.353 e. The van der Waals surface area contributed by atoms with E-state index in [4.69, 9.17) is 12.2 Å². The average molecular weight is 487 g/mol. The SMILES string of the molecule is FC(F)(F)c1cccc(C2(NC(=S)Nc3ccc(CSc4ccccc4)cc3)CCCC2)c1. The van der Waals surface area contributed by atoms with Crippen molar-refractivity contribution in [3.63, 3.8) is 0 Å². The molecule has 0 heterocycles. The molecule has 0 unspecified atom stereocenters. The van der Waals surface area contributed by atoms with Crippen LogP contribution in [0.1, 0.15) is 42.4 Å². The van der Waals surface area contributed by atoms with Crippen LogP contribution in [-0.2, 0) is 17.5 Å². The van der Waals surface area contributed by atoms with Gasteiger partial charge in [-0.05, 0) is 72.6 Å². The van der Waals surface area contributed by atoms with Crippen molar-refractivity contribution >= 4 is 34.8 Å². The Morgan fingerprint density at radius 2 is 1.61 bits per heavy atom. The van der Waals surface area contributed by atoms with Crippen molar-refractivity contribution in [3.8, 4) is 0 Å². The van der Waals surface area contributed by atoms with Gasteiger partial charge >= 0.3 is 6.18 Å². The number of rotatable bonds is 6. The van der Waals surface area contributed by atoms with E-state index >= 15 is 0 Å². The van der Waals surface area contributed by atoms with E-state index in [0.29, 0.717) is 10.7 Å². The van der Waals surface area contributed by atoms with Crippen LogP contribution in [0.5, 0.6) is 0 Å². The predicted molar refractivity (Wildman–Crippen MR) is 133 cm³/mol. The summed E-state index contributed by atoms with van der Waals surface area (Å²) >= 11 is 7.33. The van der Waals surface area contributed by atoms with Crippen LogP contribution in [0.15, 0.2) is 83.8 Å². The fourth-order valence-electron chi connectivity index (χ4n) is 4.20. The summed E-state index contributed by atoms with van der Waals surface area (Å²) in [6, 6.07) is 23.9. The smallest absolute Gasteiger partial charge is 0.353 e. The minimum absolute atomic E-state index is 0.417. The second-order valence-electron chi connectivity index (χ2n) is 8.25. The molecule has 0 spiro atoms. The quantitative estimate of drug-likeness (QED) is 0.275. The van der Waals surface area contributed by atoms with Gasteiger partial charge in [-0.2, -0.15) is 13.2 Å². The number of thioether (sulfide) groups is 1. The average Bonchev–Trinajstić information content (AvgIpc) is 3.28. The van der Waals surface area contributed by atoms with Gasteiger partial charge in [0.25, 0.3) is 0 Å². The van der Waals surface area contributed by atoms with Gasteiger partial charge in [0.1, 0.15) is 0 Å². The number of benzene rings is 3. The molecule has 3 aromatic carbocycles. The minimum atomic E-state index is -4.37. The zero-order chi connectivity index (χ0) is 23.3. The highest BCUT2D eigenvalue weighted by Gasteiger charge is 2.38. The van der Waals surface area contributed by atoms with E-state index in [-0.39, 0.29) is 0 Å². The van der Waals surface area contributed by atoms with Crippen molar-refractivity contribution in [2.24, 2.45) is 0 Å². The summed E-state index contributed by atoms with van der Waals surface area (Å²) in [5.41, 5.74) is 1.46. The third kappa shape index (κ3) is 6.09. The summed E-state index contributed by atoms with van der Waals surface area (Å²) in [5, 5.41) is 6.96. The third-order valence-electron chi connectivity index (χ3n) is 5.91. The van der Waals surface area contributed by atoms with Crippen molar-refractivity contribution in [1.29, 1.82) is 0 Å². The van der Waals surface area contributed by atoms with Gasteiger partial charge in [0.2, 0.25) is 0 Å². The highest BCUT2D eigenvalue weighted by atomic mass is 32.2. The Labute approximate surface area is 202 Å². The highest BCUT2D eigenvalue weighted by Crippen LogP contribution is 2.41. The van der Waals surface area contributed by atoms with Crippen LogP contribution >= 0.6 is 24.0 Å². The maximum absolute atomic E-state index is 13.3. The number of thiocarbonyl (C=S) groups is 1. The first-order valence-corrected chi connectivity index (χ1v) is 12.3. The van der Waals surface area contributed by atoms with E-state index < -0.39 is 17.3 Å². The molecule has 0 amide bonds. The molecule has 1 saturated carbocycles. The van der Waals surface area contributed by atoms with Gasteiger partial charge < -0.3 is 10.6 Å². The van der Waals surface area contributed by atoms with Crippen LogP contribution in [0.4, 0.5) is 18.9 Å². The molecule has 4 rings (SSSR count). The first-order chi connectivity index (χ1) is 15.8. The second-order valence-corrected chi connectivity index (χ2v) is 9.70. The monoisotopic (exact) mass is 486 g/mol. The lowest BCUT2D eigenvalue weighted by molar-refractivity contribution is -0.137. The van der Waals surface area contributed by atoms with E-state index in [1.54, 1.807) is 17.8 Å². The molecule has 172 valence electrons. The summed E-state index contributed by atoms with van der Waals surface area (Å²) in [6.07, 6.45) is -0.994. The number of anilines is 1. The lowest BCUT2D eigenvalue weighted by Gasteiger charge is -2.33. The Bertz CT molecular complexity index is 1080. The molecule has 7 heteroatoms. The number of hydrogen-bond acceptors (Lipinski definition) is 2.